The van der Waals surface area contributed by atoms with Crippen molar-refractivity contribution in [3.05, 3.63) is 35.4 Å². The fourth-order valence-electron chi connectivity index (χ4n) is 1.57. The molecule has 84 valence electrons. The monoisotopic (exact) mass is 231 g/mol. The van der Waals surface area contributed by atoms with Crippen molar-refractivity contribution >= 4 is 17.7 Å². The predicted octanol–water partition coefficient (Wildman–Crippen LogP) is 0.780. The molecule has 2 rings (SSSR count). The molecule has 1 unspecified atom stereocenters. The Bertz CT molecular complexity index is 538. The van der Waals surface area contributed by atoms with Gasteiger partial charge in [-0.1, -0.05) is 18.1 Å². The fourth-order valence-corrected chi connectivity index (χ4v) is 1.57. The second kappa shape index (κ2) is 3.83. The zero-order chi connectivity index (χ0) is 12.6. The molecule has 3 amide bonds. The lowest BCUT2D eigenvalue weighted by Gasteiger charge is -2.11. The number of rotatable bonds is 1. The Morgan fingerprint density at radius 1 is 1.24 bits per heavy atom. The quantitative estimate of drug-likeness (QED) is 0.530. The molecule has 1 atom stereocenters. The maximum atomic E-state index is 13.0. The second-order valence-electron chi connectivity index (χ2n) is 3.36. The minimum absolute atomic E-state index is 0.0788. The summed E-state index contributed by atoms with van der Waals surface area (Å²) in [7, 11) is 0. The van der Waals surface area contributed by atoms with Crippen molar-refractivity contribution in [1.82, 2.24) is 4.90 Å². The number of carbonyl (C=O) groups excluding carboxylic acids is 3. The van der Waals surface area contributed by atoms with Gasteiger partial charge in [-0.25, -0.2) is 9.29 Å². The van der Waals surface area contributed by atoms with E-state index < -0.39 is 23.9 Å². The van der Waals surface area contributed by atoms with E-state index in [9.17, 15) is 18.8 Å². The van der Waals surface area contributed by atoms with Gasteiger partial charge in [0.05, 0.1) is 11.1 Å². The molecule has 17 heavy (non-hydrogen) atoms. The van der Waals surface area contributed by atoms with Crippen LogP contribution in [0.1, 0.15) is 20.7 Å². The maximum absolute atomic E-state index is 13.0. The van der Waals surface area contributed by atoms with Crippen molar-refractivity contribution in [1.29, 1.82) is 0 Å². The molecule has 0 aliphatic carbocycles. The molecule has 1 aromatic carbocycles. The molecule has 0 fully saturated rings. The summed E-state index contributed by atoms with van der Waals surface area (Å²) in [6.45, 7) is 0. The second-order valence-corrected chi connectivity index (χ2v) is 3.36. The van der Waals surface area contributed by atoms with Crippen LogP contribution in [0, 0.1) is 12.3 Å². The molecule has 0 spiro atoms. The third-order valence-electron chi connectivity index (χ3n) is 2.38. The van der Waals surface area contributed by atoms with Gasteiger partial charge < -0.3 is 0 Å². The minimum atomic E-state index is -2.29. The number of imide groups is 3. The Kier molecular flexibility index (Phi) is 2.48. The molecule has 0 bridgehead atoms. The Morgan fingerprint density at radius 2 is 1.71 bits per heavy atom. The number of alkyl halides is 1. The van der Waals surface area contributed by atoms with Crippen LogP contribution in [0.15, 0.2) is 24.3 Å². The third kappa shape index (κ3) is 1.51. The average molecular weight is 231 g/mol. The van der Waals surface area contributed by atoms with E-state index in [1.807, 2.05) is 0 Å². The van der Waals surface area contributed by atoms with E-state index in [-0.39, 0.29) is 16.0 Å². The molecule has 1 aliphatic rings. The number of benzene rings is 1. The van der Waals surface area contributed by atoms with Crippen LogP contribution < -0.4 is 0 Å². The van der Waals surface area contributed by atoms with Crippen LogP contribution in [0.2, 0.25) is 0 Å². The molecule has 0 N–H and O–H groups in total. The molecule has 1 aliphatic heterocycles. The Morgan fingerprint density at radius 3 is 2.12 bits per heavy atom. The van der Waals surface area contributed by atoms with E-state index in [0.717, 1.165) is 0 Å². The summed E-state index contributed by atoms with van der Waals surface area (Å²) < 4.78 is 13.0. The normalized spacial score (nSPS) is 15.4. The van der Waals surface area contributed by atoms with Crippen molar-refractivity contribution in [3.8, 4) is 12.3 Å². The van der Waals surface area contributed by atoms with E-state index in [4.69, 9.17) is 6.42 Å². The van der Waals surface area contributed by atoms with E-state index in [1.165, 1.54) is 12.1 Å². The topological polar surface area (TPSA) is 54.5 Å². The van der Waals surface area contributed by atoms with E-state index in [2.05, 4.69) is 0 Å². The smallest absolute Gasteiger partial charge is 0.269 e. The lowest BCUT2D eigenvalue weighted by molar-refractivity contribution is -0.129. The summed E-state index contributed by atoms with van der Waals surface area (Å²) in [5.41, 5.74) is 0.158. The molecular weight excluding hydrogens is 225 g/mol. The highest BCUT2D eigenvalue weighted by Gasteiger charge is 2.41. The molecule has 5 heteroatoms. The molecule has 0 aromatic heterocycles. The number of fused-ring (bicyclic) bond motifs is 1. The van der Waals surface area contributed by atoms with Crippen molar-refractivity contribution in [2.75, 3.05) is 0 Å². The Hall–Kier alpha value is -2.48. The van der Waals surface area contributed by atoms with Crippen LogP contribution in [-0.4, -0.2) is 28.8 Å². The first kappa shape index (κ1) is 11.0. The molecule has 0 radical (unpaired) electrons. The molecular formula is C12H6FNO3. The van der Waals surface area contributed by atoms with Gasteiger partial charge in [0.25, 0.3) is 17.7 Å². The van der Waals surface area contributed by atoms with Gasteiger partial charge in [-0.2, -0.15) is 0 Å². The van der Waals surface area contributed by atoms with Gasteiger partial charge in [-0.3, -0.25) is 14.4 Å². The van der Waals surface area contributed by atoms with Crippen molar-refractivity contribution in [3.63, 3.8) is 0 Å². The summed E-state index contributed by atoms with van der Waals surface area (Å²) in [5.74, 6) is -1.45. The predicted molar refractivity (Wildman–Crippen MR) is 55.7 cm³/mol. The zero-order valence-corrected chi connectivity index (χ0v) is 8.51. The maximum Gasteiger partial charge on any atom is 0.283 e. The van der Waals surface area contributed by atoms with Crippen molar-refractivity contribution in [2.24, 2.45) is 0 Å². The van der Waals surface area contributed by atoms with Crippen LogP contribution in [0.3, 0.4) is 0 Å². The average Bonchev–Trinajstić information content (AvgIpc) is 2.61. The van der Waals surface area contributed by atoms with Gasteiger partial charge in [0.15, 0.2) is 0 Å². The highest BCUT2D eigenvalue weighted by Crippen LogP contribution is 2.23. The van der Waals surface area contributed by atoms with Crippen LogP contribution in [0.5, 0.6) is 0 Å². The first-order valence-electron chi connectivity index (χ1n) is 4.69. The standard InChI is InChI=1S/C12H6FNO3/c1-2-9(13)12(17)14-10(15)7-5-3-4-6-8(7)11(14)16/h1,3-6,9H. The van der Waals surface area contributed by atoms with Crippen LogP contribution in [0.4, 0.5) is 4.39 Å². The van der Waals surface area contributed by atoms with Crippen LogP contribution in [-0.2, 0) is 4.79 Å². The zero-order valence-electron chi connectivity index (χ0n) is 8.51. The van der Waals surface area contributed by atoms with Crippen molar-refractivity contribution < 1.29 is 18.8 Å². The number of carbonyl (C=O) groups is 3. The van der Waals surface area contributed by atoms with Gasteiger partial charge in [0.2, 0.25) is 6.17 Å². The third-order valence-corrected chi connectivity index (χ3v) is 2.38. The highest BCUT2D eigenvalue weighted by molar-refractivity contribution is 6.29. The summed E-state index contributed by atoms with van der Waals surface area (Å²) >= 11 is 0. The van der Waals surface area contributed by atoms with Crippen molar-refractivity contribution in [2.45, 2.75) is 6.17 Å². The summed E-state index contributed by atoms with van der Waals surface area (Å²) in [4.78, 5) is 35.1. The number of hydrogen-bond donors (Lipinski definition) is 0. The molecule has 1 aromatic rings. The summed E-state index contributed by atoms with van der Waals surface area (Å²) in [5, 5.41) is 0. The summed E-state index contributed by atoms with van der Waals surface area (Å²) in [6.07, 6.45) is 2.45. The number of halogens is 1. The lowest BCUT2D eigenvalue weighted by atomic mass is 10.1. The molecule has 4 nitrogen and oxygen atoms in total. The van der Waals surface area contributed by atoms with Crippen LogP contribution in [0.25, 0.3) is 0 Å². The van der Waals surface area contributed by atoms with E-state index in [1.54, 1.807) is 18.1 Å². The van der Waals surface area contributed by atoms with Gasteiger partial charge in [-0.15, -0.1) is 6.42 Å². The minimum Gasteiger partial charge on any atom is -0.269 e. The molecule has 1 heterocycles. The highest BCUT2D eigenvalue weighted by atomic mass is 19.1. The largest absolute Gasteiger partial charge is 0.283 e. The van der Waals surface area contributed by atoms with E-state index in [0.29, 0.717) is 0 Å². The first-order chi connectivity index (χ1) is 8.07. The SMILES string of the molecule is C#CC(F)C(=O)N1C(=O)c2ccccc2C1=O. The van der Waals surface area contributed by atoms with Gasteiger partial charge in [0, 0.05) is 0 Å². The number of hydrogen-bond acceptors (Lipinski definition) is 3. The van der Waals surface area contributed by atoms with Gasteiger partial charge in [-0.05, 0) is 12.1 Å². The number of terminal acetylenes is 1. The fraction of sp³-hybridized carbons (Fsp3) is 0.0833. The molecule has 0 saturated heterocycles. The van der Waals surface area contributed by atoms with Gasteiger partial charge >= 0.3 is 0 Å². The van der Waals surface area contributed by atoms with Crippen LogP contribution >= 0.6 is 0 Å². The molecule has 0 saturated carbocycles. The van der Waals surface area contributed by atoms with E-state index >= 15 is 0 Å². The van der Waals surface area contributed by atoms with Gasteiger partial charge in [0.1, 0.15) is 0 Å². The Labute approximate surface area is 96.0 Å². The summed E-state index contributed by atoms with van der Waals surface area (Å²) in [6, 6.07) is 5.89. The number of nitrogens with zero attached hydrogens (tertiary/aromatic N) is 1. The lowest BCUT2D eigenvalue weighted by Crippen LogP contribution is -2.40. The Balaban J connectivity index is 2.44. The first-order valence-corrected chi connectivity index (χ1v) is 4.69. The number of amides is 3.